The van der Waals surface area contributed by atoms with Crippen molar-refractivity contribution >= 4 is 5.91 Å². The minimum absolute atomic E-state index is 0.00347. The molecule has 0 unspecified atom stereocenters. The number of carbonyl (C=O) groups is 1. The van der Waals surface area contributed by atoms with Crippen molar-refractivity contribution in [3.8, 4) is 0 Å². The van der Waals surface area contributed by atoms with E-state index in [1.165, 1.54) is 0 Å². The Bertz CT molecular complexity index is 103. The molecule has 1 aliphatic heterocycles. The molecule has 0 saturated carbocycles. The predicted molar refractivity (Wildman–Crippen MR) is 28.9 cm³/mol. The van der Waals surface area contributed by atoms with Crippen LogP contribution in [0.15, 0.2) is 0 Å². The van der Waals surface area contributed by atoms with Gasteiger partial charge in [-0.25, -0.2) is 0 Å². The van der Waals surface area contributed by atoms with Crippen LogP contribution in [-0.4, -0.2) is 18.5 Å². The molecule has 1 saturated heterocycles. The molecule has 0 aromatic rings. The Hall–Kier alpha value is -0.570. The summed E-state index contributed by atoms with van der Waals surface area (Å²) >= 11 is 0. The molecule has 46 valence electrons. The largest absolute Gasteiger partial charge is 0.351 e. The monoisotopic (exact) mass is 115 g/mol. The van der Waals surface area contributed by atoms with E-state index >= 15 is 0 Å². The summed E-state index contributed by atoms with van der Waals surface area (Å²) < 4.78 is 0. The molecule has 1 amide bonds. The van der Waals surface area contributed by atoms with Gasteiger partial charge in [-0.2, -0.15) is 0 Å². The second kappa shape index (κ2) is 2.13. The van der Waals surface area contributed by atoms with E-state index in [0.717, 1.165) is 19.4 Å². The van der Waals surface area contributed by atoms with Crippen LogP contribution in [0, 0.1) is 0 Å². The quantitative estimate of drug-likeness (QED) is 0.397. The average Bonchev–Trinajstić information content (AvgIpc) is 1.77. The molecule has 0 bridgehead atoms. The number of rotatable bonds is 0. The van der Waals surface area contributed by atoms with Gasteiger partial charge in [0.25, 0.3) is 5.91 Å². The van der Waals surface area contributed by atoms with Crippen LogP contribution in [0.4, 0.5) is 0 Å². The van der Waals surface area contributed by atoms with Gasteiger partial charge in [0.1, 0.15) is 0 Å². The van der Waals surface area contributed by atoms with Gasteiger partial charge in [0, 0.05) is 13.0 Å². The maximum absolute atomic E-state index is 10.6. The third-order valence-corrected chi connectivity index (χ3v) is 1.40. The molecule has 3 nitrogen and oxygen atoms in total. The van der Waals surface area contributed by atoms with E-state index in [-0.39, 0.29) is 11.9 Å². The molecule has 0 aromatic carbocycles. The lowest BCUT2D eigenvalue weighted by Gasteiger charge is -2.14. The second-order valence-electron chi connectivity index (χ2n) is 2.13. The third-order valence-electron chi connectivity index (χ3n) is 1.40. The number of nitrogens with one attached hydrogen (secondary N) is 1. The Morgan fingerprint density at radius 2 is 2.50 bits per heavy atom. The van der Waals surface area contributed by atoms with Crippen molar-refractivity contribution in [2.24, 2.45) is 0 Å². The van der Waals surface area contributed by atoms with Gasteiger partial charge in [-0.3, -0.25) is 4.79 Å². The van der Waals surface area contributed by atoms with Crippen molar-refractivity contribution in [1.29, 1.82) is 0 Å². The average molecular weight is 115 g/mol. The maximum atomic E-state index is 10.6. The van der Waals surface area contributed by atoms with E-state index < -0.39 is 0 Å². The molecule has 3 heteroatoms. The normalized spacial score (nSPS) is 29.6. The summed E-state index contributed by atoms with van der Waals surface area (Å²) in [7, 11) is 0. The summed E-state index contributed by atoms with van der Waals surface area (Å²) in [4.78, 5) is 10.6. The van der Waals surface area contributed by atoms with Crippen molar-refractivity contribution < 1.29 is 10.5 Å². The Kier molecular flexibility index (Phi) is 1.48. The molecular weight excluding hydrogens is 104 g/mol. The summed E-state index contributed by atoms with van der Waals surface area (Å²) in [6.07, 6.45) is 2.03. The van der Waals surface area contributed by atoms with Gasteiger partial charge in [-0.1, -0.05) is 0 Å². The van der Waals surface area contributed by atoms with Gasteiger partial charge in [0.2, 0.25) is 0 Å². The standard InChI is InChI=1S/C5H10N2O/c6-4-2-1-3-7-5(4)8/h4H,1-3,6H2,(H,7,8)/p+1/t4-/m0/s1. The first-order chi connectivity index (χ1) is 3.80. The minimum Gasteiger partial charge on any atom is -0.351 e. The number of carbonyl (C=O) groups excluding carboxylic acids is 1. The summed E-state index contributed by atoms with van der Waals surface area (Å²) in [6, 6.07) is 0.00347. The number of amides is 1. The molecular formula is C5H11N2O+. The van der Waals surface area contributed by atoms with E-state index in [9.17, 15) is 4.79 Å². The lowest BCUT2D eigenvalue weighted by atomic mass is 10.1. The van der Waals surface area contributed by atoms with Gasteiger partial charge in [0.05, 0.1) is 0 Å². The van der Waals surface area contributed by atoms with Gasteiger partial charge < -0.3 is 11.1 Å². The molecule has 4 N–H and O–H groups in total. The van der Waals surface area contributed by atoms with Crippen LogP contribution in [0.5, 0.6) is 0 Å². The summed E-state index contributed by atoms with van der Waals surface area (Å²) in [5.74, 6) is 0.108. The summed E-state index contributed by atoms with van der Waals surface area (Å²) in [5.41, 5.74) is 3.67. The topological polar surface area (TPSA) is 56.7 Å². The van der Waals surface area contributed by atoms with Crippen LogP contribution in [0.25, 0.3) is 0 Å². The number of hydrogen-bond donors (Lipinski definition) is 2. The number of quaternary nitrogens is 1. The molecule has 1 fully saturated rings. The van der Waals surface area contributed by atoms with Crippen LogP contribution < -0.4 is 11.1 Å². The van der Waals surface area contributed by atoms with Crippen molar-refractivity contribution in [3.05, 3.63) is 0 Å². The minimum atomic E-state index is 0.00347. The molecule has 1 rings (SSSR count). The van der Waals surface area contributed by atoms with Gasteiger partial charge in [-0.15, -0.1) is 0 Å². The first-order valence-electron chi connectivity index (χ1n) is 2.91. The molecule has 8 heavy (non-hydrogen) atoms. The molecule has 0 aromatic heterocycles. The highest BCUT2D eigenvalue weighted by atomic mass is 16.2. The first kappa shape index (κ1) is 5.56. The Balaban J connectivity index is 2.39. The van der Waals surface area contributed by atoms with Crippen LogP contribution in [-0.2, 0) is 4.79 Å². The number of hydrogen-bond acceptors (Lipinski definition) is 1. The third kappa shape index (κ3) is 0.980. The first-order valence-corrected chi connectivity index (χ1v) is 2.91. The van der Waals surface area contributed by atoms with E-state index in [1.54, 1.807) is 0 Å². The zero-order chi connectivity index (χ0) is 5.98. The Labute approximate surface area is 48.2 Å². The van der Waals surface area contributed by atoms with E-state index in [0.29, 0.717) is 0 Å². The zero-order valence-corrected chi connectivity index (χ0v) is 4.81. The highest BCUT2D eigenvalue weighted by Gasteiger charge is 2.19. The lowest BCUT2D eigenvalue weighted by molar-refractivity contribution is -0.406. The fourth-order valence-corrected chi connectivity index (χ4v) is 0.835. The van der Waals surface area contributed by atoms with Crippen molar-refractivity contribution in [3.63, 3.8) is 0 Å². The number of piperidine rings is 1. The van der Waals surface area contributed by atoms with E-state index in [4.69, 9.17) is 0 Å². The smallest absolute Gasteiger partial charge is 0.278 e. The van der Waals surface area contributed by atoms with Gasteiger partial charge >= 0.3 is 0 Å². The van der Waals surface area contributed by atoms with Crippen molar-refractivity contribution in [2.75, 3.05) is 6.54 Å². The van der Waals surface area contributed by atoms with Crippen molar-refractivity contribution in [1.82, 2.24) is 5.32 Å². The molecule has 1 aliphatic rings. The second-order valence-corrected chi connectivity index (χ2v) is 2.13. The predicted octanol–water partition coefficient (Wildman–Crippen LogP) is -1.49. The van der Waals surface area contributed by atoms with Crippen molar-refractivity contribution in [2.45, 2.75) is 18.9 Å². The SMILES string of the molecule is [NH3+][C@H]1CCCNC1=O. The molecule has 0 spiro atoms. The molecule has 0 aliphatic carbocycles. The van der Waals surface area contributed by atoms with Gasteiger partial charge in [-0.05, 0) is 6.42 Å². The van der Waals surface area contributed by atoms with Gasteiger partial charge in [0.15, 0.2) is 6.04 Å². The molecule has 0 radical (unpaired) electrons. The van der Waals surface area contributed by atoms with E-state index in [2.05, 4.69) is 11.1 Å². The van der Waals surface area contributed by atoms with E-state index in [1.807, 2.05) is 0 Å². The summed E-state index contributed by atoms with van der Waals surface area (Å²) in [5, 5.41) is 2.73. The van der Waals surface area contributed by atoms with Crippen LogP contribution >= 0.6 is 0 Å². The molecule has 1 atom stereocenters. The highest BCUT2D eigenvalue weighted by molar-refractivity contribution is 5.80. The summed E-state index contributed by atoms with van der Waals surface area (Å²) in [6.45, 7) is 0.838. The zero-order valence-electron chi connectivity index (χ0n) is 4.81. The molecule has 1 heterocycles. The fraction of sp³-hybridized carbons (Fsp3) is 0.800. The maximum Gasteiger partial charge on any atom is 0.278 e. The highest BCUT2D eigenvalue weighted by Crippen LogP contribution is 1.96. The lowest BCUT2D eigenvalue weighted by Crippen LogP contribution is -2.69. The Morgan fingerprint density at radius 3 is 2.88 bits per heavy atom. The van der Waals surface area contributed by atoms with Crippen LogP contribution in [0.3, 0.4) is 0 Å². The van der Waals surface area contributed by atoms with Crippen LogP contribution in [0.1, 0.15) is 12.8 Å². The van der Waals surface area contributed by atoms with Crippen LogP contribution in [0.2, 0.25) is 0 Å². The fourth-order valence-electron chi connectivity index (χ4n) is 0.835. The Morgan fingerprint density at radius 1 is 1.75 bits per heavy atom.